The summed E-state index contributed by atoms with van der Waals surface area (Å²) in [5.41, 5.74) is 3.37. The van der Waals surface area contributed by atoms with Crippen LogP contribution in [0.4, 0.5) is 0 Å². The molecule has 1 aromatic carbocycles. The molecule has 3 aliphatic rings. The van der Waals surface area contributed by atoms with Crippen LogP contribution in [-0.2, 0) is 18.7 Å². The Labute approximate surface area is 204 Å². The van der Waals surface area contributed by atoms with Gasteiger partial charge in [-0.2, -0.15) is 4.68 Å². The Balaban J connectivity index is 1.37. The van der Waals surface area contributed by atoms with Crippen molar-refractivity contribution in [1.29, 1.82) is 0 Å². The lowest BCUT2D eigenvalue weighted by atomic mass is 10.1. The van der Waals surface area contributed by atoms with Crippen LogP contribution in [0.25, 0.3) is 27.8 Å². The molecule has 2 aromatic heterocycles. The van der Waals surface area contributed by atoms with Crippen LogP contribution >= 0.6 is 23.1 Å². The summed E-state index contributed by atoms with van der Waals surface area (Å²) in [6.45, 7) is 2.80. The van der Waals surface area contributed by atoms with E-state index in [-0.39, 0.29) is 5.56 Å². The Morgan fingerprint density at radius 1 is 1.09 bits per heavy atom. The van der Waals surface area contributed by atoms with Crippen molar-refractivity contribution >= 4 is 23.1 Å². The van der Waals surface area contributed by atoms with Crippen LogP contribution in [0.1, 0.15) is 36.4 Å². The smallest absolute Gasteiger partial charge is 0.284 e. The number of aryl methyl sites for hydroxylation is 1. The Morgan fingerprint density at radius 2 is 1.97 bits per heavy atom. The van der Waals surface area contributed by atoms with Crippen LogP contribution in [0.15, 0.2) is 62.2 Å². The third-order valence-corrected chi connectivity index (χ3v) is 7.94. The van der Waals surface area contributed by atoms with Crippen LogP contribution in [0.5, 0.6) is 0 Å². The molecule has 0 unspecified atom stereocenters. The normalized spacial score (nSPS) is 13.8. The predicted octanol–water partition coefficient (Wildman–Crippen LogP) is 5.58. The molecule has 0 amide bonds. The largest absolute Gasteiger partial charge is 0.459 e. The molecule has 0 fully saturated rings. The Kier molecular flexibility index (Phi) is 5.58. The first-order valence-corrected chi connectivity index (χ1v) is 13.3. The van der Waals surface area contributed by atoms with Crippen molar-refractivity contribution < 1.29 is 4.42 Å². The highest BCUT2D eigenvalue weighted by Gasteiger charge is 2.27. The van der Waals surface area contributed by atoms with Gasteiger partial charge in [0.2, 0.25) is 0 Å². The topological polar surface area (TPSA) is 78.7 Å². The first kappa shape index (κ1) is 21.4. The summed E-state index contributed by atoms with van der Waals surface area (Å²) in [6, 6.07) is 13.5. The van der Waals surface area contributed by atoms with Gasteiger partial charge in [-0.25, -0.2) is 9.97 Å². The maximum atomic E-state index is 13.4. The molecule has 3 aromatic rings. The molecule has 0 atom stereocenters. The highest BCUT2D eigenvalue weighted by Crippen LogP contribution is 2.33. The fraction of sp³-hybridized carbons (Fsp3) is 0.280. The third-order valence-electron chi connectivity index (χ3n) is 6.02. The van der Waals surface area contributed by atoms with Gasteiger partial charge < -0.3 is 8.98 Å². The summed E-state index contributed by atoms with van der Waals surface area (Å²) in [7, 11) is 0. The molecule has 3 aliphatic heterocycles. The van der Waals surface area contributed by atoms with Crippen molar-refractivity contribution in [2.24, 2.45) is 0 Å². The first-order valence-electron chi connectivity index (χ1n) is 11.4. The van der Waals surface area contributed by atoms with Crippen molar-refractivity contribution in [1.82, 2.24) is 24.3 Å². The number of aromatic nitrogens is 5. The second-order valence-corrected chi connectivity index (χ2v) is 10.2. The monoisotopic (exact) mass is 489 g/mol. The first-order chi connectivity index (χ1) is 16.7. The second kappa shape index (κ2) is 8.88. The third kappa shape index (κ3) is 3.88. The van der Waals surface area contributed by atoms with E-state index in [0.29, 0.717) is 17.1 Å². The maximum absolute atomic E-state index is 13.4. The van der Waals surface area contributed by atoms with E-state index in [1.54, 1.807) is 23.1 Å². The van der Waals surface area contributed by atoms with Crippen LogP contribution in [0, 0.1) is 6.92 Å². The SMILES string of the molecule is Cc1ccc(-c2nc(CSc3nc4nn(-c5ccccc5)c(=O)c-4c4n3CCCCC4)cs2)o1. The van der Waals surface area contributed by atoms with Crippen LogP contribution < -0.4 is 5.56 Å². The van der Waals surface area contributed by atoms with E-state index < -0.39 is 0 Å². The molecule has 6 rings (SSSR count). The Morgan fingerprint density at radius 3 is 2.79 bits per heavy atom. The zero-order chi connectivity index (χ0) is 23.1. The van der Waals surface area contributed by atoms with Gasteiger partial charge in [0.1, 0.15) is 11.3 Å². The van der Waals surface area contributed by atoms with Gasteiger partial charge in [0.15, 0.2) is 21.7 Å². The number of hydrogen-bond acceptors (Lipinski definition) is 7. The van der Waals surface area contributed by atoms with E-state index in [2.05, 4.69) is 15.0 Å². The average Bonchev–Trinajstić information content (AvgIpc) is 3.53. The van der Waals surface area contributed by atoms with Gasteiger partial charge in [-0.15, -0.1) is 16.4 Å². The van der Waals surface area contributed by atoms with E-state index in [0.717, 1.165) is 71.0 Å². The second-order valence-electron chi connectivity index (χ2n) is 8.40. The summed E-state index contributed by atoms with van der Waals surface area (Å²) >= 11 is 3.24. The van der Waals surface area contributed by atoms with Crippen molar-refractivity contribution in [3.05, 3.63) is 75.3 Å². The number of benzene rings is 1. The molecule has 0 aliphatic carbocycles. The quantitative estimate of drug-likeness (QED) is 0.237. The number of nitrogens with zero attached hydrogens (tertiary/aromatic N) is 5. The zero-order valence-corrected chi connectivity index (χ0v) is 20.4. The zero-order valence-electron chi connectivity index (χ0n) is 18.7. The van der Waals surface area contributed by atoms with E-state index in [9.17, 15) is 4.79 Å². The van der Waals surface area contributed by atoms with Gasteiger partial charge >= 0.3 is 0 Å². The van der Waals surface area contributed by atoms with Gasteiger partial charge in [0.25, 0.3) is 5.56 Å². The minimum absolute atomic E-state index is 0.0891. The van der Waals surface area contributed by atoms with Gasteiger partial charge in [-0.3, -0.25) is 4.79 Å². The molecule has 9 heteroatoms. The predicted molar refractivity (Wildman–Crippen MR) is 134 cm³/mol. The number of para-hydroxylation sites is 1. The lowest BCUT2D eigenvalue weighted by Crippen LogP contribution is -2.19. The molecular weight excluding hydrogens is 466 g/mol. The Bertz CT molecular complexity index is 1480. The van der Waals surface area contributed by atoms with Gasteiger partial charge in [-0.1, -0.05) is 36.4 Å². The minimum Gasteiger partial charge on any atom is -0.459 e. The van der Waals surface area contributed by atoms with Crippen molar-refractivity contribution in [2.45, 2.75) is 50.1 Å². The van der Waals surface area contributed by atoms with Crippen LogP contribution in [0.3, 0.4) is 0 Å². The summed E-state index contributed by atoms with van der Waals surface area (Å²) < 4.78 is 9.44. The molecule has 0 spiro atoms. The standard InChI is InChI=1S/C25H23N5O2S2/c1-16-11-12-20(32-16)23-26-17(14-33-23)15-34-25-27-22-21(19-10-6-3-7-13-29(19)25)24(31)30(28-22)18-8-4-2-5-9-18/h2,4-5,8-9,11-12,14H,3,6-7,10,13,15H2,1H3. The number of thioether (sulfide) groups is 1. The van der Waals surface area contributed by atoms with Gasteiger partial charge in [0.05, 0.1) is 11.4 Å². The summed E-state index contributed by atoms with van der Waals surface area (Å²) in [5, 5.41) is 8.47. The van der Waals surface area contributed by atoms with Crippen molar-refractivity contribution in [3.63, 3.8) is 0 Å². The maximum Gasteiger partial charge on any atom is 0.284 e. The fourth-order valence-corrected chi connectivity index (χ4v) is 6.20. The van der Waals surface area contributed by atoms with Crippen LogP contribution in [-0.4, -0.2) is 24.3 Å². The molecule has 0 bridgehead atoms. The van der Waals surface area contributed by atoms with E-state index in [1.807, 2.05) is 49.4 Å². The molecule has 0 saturated carbocycles. The molecule has 34 heavy (non-hydrogen) atoms. The van der Waals surface area contributed by atoms with Crippen molar-refractivity contribution in [3.8, 4) is 27.8 Å². The highest BCUT2D eigenvalue weighted by atomic mass is 32.2. The van der Waals surface area contributed by atoms with E-state index in [1.165, 1.54) is 4.68 Å². The lowest BCUT2D eigenvalue weighted by molar-refractivity contribution is 0.548. The molecule has 0 saturated heterocycles. The summed E-state index contributed by atoms with van der Waals surface area (Å²) in [5.74, 6) is 2.90. The number of thiazole rings is 1. The molecular formula is C25H23N5O2S2. The van der Waals surface area contributed by atoms with E-state index >= 15 is 0 Å². The minimum atomic E-state index is -0.0891. The van der Waals surface area contributed by atoms with E-state index in [4.69, 9.17) is 14.4 Å². The molecule has 0 radical (unpaired) electrons. The highest BCUT2D eigenvalue weighted by molar-refractivity contribution is 7.98. The Hall–Kier alpha value is -3.17. The molecule has 0 N–H and O–H groups in total. The number of hydrogen-bond donors (Lipinski definition) is 0. The lowest BCUT2D eigenvalue weighted by Gasteiger charge is -2.17. The summed E-state index contributed by atoms with van der Waals surface area (Å²) in [6.07, 6.45) is 4.16. The number of rotatable bonds is 5. The van der Waals surface area contributed by atoms with Crippen molar-refractivity contribution in [2.75, 3.05) is 0 Å². The van der Waals surface area contributed by atoms with Crippen LogP contribution in [0.2, 0.25) is 0 Å². The molecule has 172 valence electrons. The van der Waals surface area contributed by atoms with Gasteiger partial charge in [0, 0.05) is 23.4 Å². The van der Waals surface area contributed by atoms with Gasteiger partial charge in [-0.05, 0) is 50.5 Å². The number of furan rings is 1. The fourth-order valence-electron chi connectivity index (χ4n) is 4.38. The summed E-state index contributed by atoms with van der Waals surface area (Å²) in [4.78, 5) is 23.0. The molecule has 5 heterocycles. The average molecular weight is 490 g/mol. The number of fused-ring (bicyclic) bond motifs is 3. The molecule has 7 nitrogen and oxygen atoms in total.